The molecule has 0 aliphatic rings. The third-order valence-electron chi connectivity index (χ3n) is 1.49. The molecular formula is C7H5F2N3. The van der Waals surface area contributed by atoms with Gasteiger partial charge in [-0.1, -0.05) is 0 Å². The van der Waals surface area contributed by atoms with Crippen LogP contribution >= 0.6 is 0 Å². The van der Waals surface area contributed by atoms with E-state index >= 15 is 0 Å². The molecule has 2 heterocycles. The summed E-state index contributed by atoms with van der Waals surface area (Å²) in [5.74, 6) is -1.20. The Kier molecular flexibility index (Phi) is 1.27. The zero-order valence-corrected chi connectivity index (χ0v) is 5.96. The molecule has 0 aliphatic carbocycles. The maximum Gasteiger partial charge on any atom is 0.175 e. The largest absolute Gasteiger partial charge is 0.382 e. The van der Waals surface area contributed by atoms with Crippen LogP contribution in [0.1, 0.15) is 0 Å². The van der Waals surface area contributed by atoms with Crippen molar-refractivity contribution in [3.8, 4) is 0 Å². The number of hydrogen-bond acceptors (Lipinski definition) is 2. The van der Waals surface area contributed by atoms with Crippen LogP contribution in [0.4, 0.5) is 14.6 Å². The fraction of sp³-hybridized carbons (Fsp3) is 0. The van der Waals surface area contributed by atoms with Crippen molar-refractivity contribution in [2.45, 2.75) is 0 Å². The molecule has 2 N–H and O–H groups in total. The molecule has 2 rings (SSSR count). The standard InChI is InChI=1S/C7H5F2N3/c8-4-1-5(9)7-11-6(10)3-12(7)2-4/h1-3H,10H2. The number of nitrogen functional groups attached to an aromatic ring is 1. The second kappa shape index (κ2) is 2.17. The fourth-order valence-electron chi connectivity index (χ4n) is 1.04. The number of nitrogens with two attached hydrogens (primary N) is 1. The molecule has 2 aromatic heterocycles. The van der Waals surface area contributed by atoms with Crippen LogP contribution in [0, 0.1) is 11.6 Å². The van der Waals surface area contributed by atoms with Crippen molar-refractivity contribution in [3.63, 3.8) is 0 Å². The molecular weight excluding hydrogens is 164 g/mol. The number of anilines is 1. The Balaban J connectivity index is 2.88. The quantitative estimate of drug-likeness (QED) is 0.643. The molecule has 0 aromatic carbocycles. The van der Waals surface area contributed by atoms with E-state index in [2.05, 4.69) is 4.98 Å². The number of rotatable bonds is 0. The van der Waals surface area contributed by atoms with Crippen molar-refractivity contribution < 1.29 is 8.78 Å². The van der Waals surface area contributed by atoms with Gasteiger partial charge in [-0.15, -0.1) is 0 Å². The Hall–Kier alpha value is -1.65. The van der Waals surface area contributed by atoms with Gasteiger partial charge in [-0.25, -0.2) is 13.8 Å². The van der Waals surface area contributed by atoms with E-state index in [1.54, 1.807) is 0 Å². The molecule has 0 radical (unpaired) electrons. The average molecular weight is 169 g/mol. The second-order valence-corrected chi connectivity index (χ2v) is 2.40. The van der Waals surface area contributed by atoms with Gasteiger partial charge in [0.1, 0.15) is 11.6 Å². The van der Waals surface area contributed by atoms with Crippen LogP contribution < -0.4 is 5.73 Å². The Labute approximate surface area is 66.4 Å². The molecule has 3 nitrogen and oxygen atoms in total. The van der Waals surface area contributed by atoms with E-state index in [9.17, 15) is 8.78 Å². The monoisotopic (exact) mass is 169 g/mol. The lowest BCUT2D eigenvalue weighted by Crippen LogP contribution is -1.89. The van der Waals surface area contributed by atoms with E-state index in [1.165, 1.54) is 10.6 Å². The molecule has 0 spiro atoms. The predicted molar refractivity (Wildman–Crippen MR) is 39.5 cm³/mol. The van der Waals surface area contributed by atoms with Gasteiger partial charge in [-0.05, 0) is 0 Å². The van der Waals surface area contributed by atoms with Gasteiger partial charge in [0.05, 0.1) is 6.20 Å². The average Bonchev–Trinajstić information content (AvgIpc) is 2.29. The molecule has 12 heavy (non-hydrogen) atoms. The Morgan fingerprint density at radius 1 is 1.33 bits per heavy atom. The Morgan fingerprint density at radius 2 is 2.08 bits per heavy atom. The van der Waals surface area contributed by atoms with Crippen LogP contribution in [0.3, 0.4) is 0 Å². The molecule has 5 heteroatoms. The van der Waals surface area contributed by atoms with Crippen molar-refractivity contribution in [1.29, 1.82) is 0 Å². The van der Waals surface area contributed by atoms with Crippen LogP contribution in [-0.2, 0) is 0 Å². The highest BCUT2D eigenvalue weighted by molar-refractivity contribution is 5.47. The minimum Gasteiger partial charge on any atom is -0.382 e. The third kappa shape index (κ3) is 0.903. The summed E-state index contributed by atoms with van der Waals surface area (Å²) in [4.78, 5) is 3.65. The van der Waals surface area contributed by atoms with E-state index < -0.39 is 11.6 Å². The molecule has 0 amide bonds. The van der Waals surface area contributed by atoms with Crippen molar-refractivity contribution >= 4 is 11.5 Å². The number of imidazole rings is 1. The van der Waals surface area contributed by atoms with Crippen LogP contribution in [-0.4, -0.2) is 9.38 Å². The number of pyridine rings is 1. The molecule has 0 saturated carbocycles. The number of fused-ring (bicyclic) bond motifs is 1. The van der Waals surface area contributed by atoms with Crippen LogP contribution in [0.25, 0.3) is 5.65 Å². The second-order valence-electron chi connectivity index (χ2n) is 2.40. The first kappa shape index (κ1) is 7.02. The zero-order valence-electron chi connectivity index (χ0n) is 5.96. The summed E-state index contributed by atoms with van der Waals surface area (Å²) in [6.45, 7) is 0. The van der Waals surface area contributed by atoms with Gasteiger partial charge < -0.3 is 5.73 Å². The van der Waals surface area contributed by atoms with E-state index in [4.69, 9.17) is 5.73 Å². The minimum atomic E-state index is -0.716. The normalized spacial score (nSPS) is 10.8. The van der Waals surface area contributed by atoms with Gasteiger partial charge in [0.25, 0.3) is 0 Å². The lowest BCUT2D eigenvalue weighted by atomic mass is 10.4. The van der Waals surface area contributed by atoms with Gasteiger partial charge in [-0.3, -0.25) is 4.40 Å². The maximum absolute atomic E-state index is 12.9. The highest BCUT2D eigenvalue weighted by Gasteiger charge is 2.05. The van der Waals surface area contributed by atoms with Gasteiger partial charge in [0.15, 0.2) is 11.5 Å². The summed E-state index contributed by atoms with van der Waals surface area (Å²) >= 11 is 0. The molecule has 0 aliphatic heterocycles. The van der Waals surface area contributed by atoms with Crippen LogP contribution in [0.15, 0.2) is 18.5 Å². The molecule has 0 atom stereocenters. The van der Waals surface area contributed by atoms with Gasteiger partial charge in [0.2, 0.25) is 0 Å². The van der Waals surface area contributed by atoms with E-state index in [0.29, 0.717) is 0 Å². The van der Waals surface area contributed by atoms with Crippen molar-refractivity contribution in [2.75, 3.05) is 5.73 Å². The fourth-order valence-corrected chi connectivity index (χ4v) is 1.04. The Bertz CT molecular complexity index is 435. The van der Waals surface area contributed by atoms with Gasteiger partial charge in [-0.2, -0.15) is 0 Å². The van der Waals surface area contributed by atoms with Gasteiger partial charge >= 0.3 is 0 Å². The summed E-state index contributed by atoms with van der Waals surface area (Å²) in [6.07, 6.45) is 2.46. The topological polar surface area (TPSA) is 43.3 Å². The first-order valence-electron chi connectivity index (χ1n) is 3.26. The molecule has 0 unspecified atom stereocenters. The number of aromatic nitrogens is 2. The number of hydrogen-bond donors (Lipinski definition) is 1. The summed E-state index contributed by atoms with van der Waals surface area (Å²) in [5.41, 5.74) is 5.32. The molecule has 2 aromatic rings. The smallest absolute Gasteiger partial charge is 0.175 e. The highest BCUT2D eigenvalue weighted by atomic mass is 19.1. The first-order chi connectivity index (χ1) is 5.66. The summed E-state index contributed by atoms with van der Waals surface area (Å²) in [6, 6.07) is 0.766. The van der Waals surface area contributed by atoms with Gasteiger partial charge in [0, 0.05) is 12.3 Å². The van der Waals surface area contributed by atoms with Crippen LogP contribution in [0.5, 0.6) is 0 Å². The van der Waals surface area contributed by atoms with Crippen molar-refractivity contribution in [1.82, 2.24) is 9.38 Å². The first-order valence-corrected chi connectivity index (χ1v) is 3.26. The third-order valence-corrected chi connectivity index (χ3v) is 1.49. The maximum atomic E-state index is 12.9. The van der Waals surface area contributed by atoms with E-state index in [0.717, 1.165) is 12.3 Å². The van der Waals surface area contributed by atoms with E-state index in [1.807, 2.05) is 0 Å². The summed E-state index contributed by atoms with van der Waals surface area (Å²) < 4.78 is 26.7. The SMILES string of the molecule is Nc1cn2cc(F)cc(F)c2n1. The molecule has 0 bridgehead atoms. The Morgan fingerprint density at radius 3 is 2.83 bits per heavy atom. The summed E-state index contributed by atoms with van der Waals surface area (Å²) in [7, 11) is 0. The van der Waals surface area contributed by atoms with Crippen LogP contribution in [0.2, 0.25) is 0 Å². The minimum absolute atomic E-state index is 0.0360. The lowest BCUT2D eigenvalue weighted by Gasteiger charge is -1.93. The molecule has 0 fully saturated rings. The van der Waals surface area contributed by atoms with Crippen molar-refractivity contribution in [3.05, 3.63) is 30.1 Å². The summed E-state index contributed by atoms with van der Waals surface area (Å²) in [5, 5.41) is 0. The van der Waals surface area contributed by atoms with E-state index in [-0.39, 0.29) is 11.5 Å². The zero-order chi connectivity index (χ0) is 8.72. The number of nitrogens with zero attached hydrogens (tertiary/aromatic N) is 2. The lowest BCUT2D eigenvalue weighted by molar-refractivity contribution is 0.577. The molecule has 0 saturated heterocycles. The number of halogens is 2. The van der Waals surface area contributed by atoms with Crippen molar-refractivity contribution in [2.24, 2.45) is 0 Å². The molecule has 62 valence electrons. The highest BCUT2D eigenvalue weighted by Crippen LogP contribution is 2.12. The predicted octanol–water partition coefficient (Wildman–Crippen LogP) is 1.19.